The first-order chi connectivity index (χ1) is 13.9. The Bertz CT molecular complexity index is 870. The molecule has 0 radical (unpaired) electrons. The largest absolute Gasteiger partial charge is 0.378 e. The summed E-state index contributed by atoms with van der Waals surface area (Å²) in [4.78, 5) is 2.14. The summed E-state index contributed by atoms with van der Waals surface area (Å²) in [6, 6.07) is 8.83. The number of anilines is 1. The highest BCUT2D eigenvalue weighted by Gasteiger charge is 2.50. The first-order valence-corrected chi connectivity index (χ1v) is 11.7. The molecule has 0 saturated carbocycles. The molecule has 0 N–H and O–H groups in total. The van der Waals surface area contributed by atoms with Crippen molar-refractivity contribution in [2.24, 2.45) is 14.1 Å². The van der Waals surface area contributed by atoms with E-state index in [-0.39, 0.29) is 0 Å². The van der Waals surface area contributed by atoms with E-state index in [9.17, 15) is 0 Å². The van der Waals surface area contributed by atoms with Crippen molar-refractivity contribution in [3.63, 3.8) is 0 Å². The van der Waals surface area contributed by atoms with Gasteiger partial charge in [-0.15, -0.1) is 0 Å². The minimum absolute atomic E-state index is 0.651. The highest BCUT2D eigenvalue weighted by molar-refractivity contribution is 6.97. The van der Waals surface area contributed by atoms with Crippen LogP contribution in [0.4, 0.5) is 5.69 Å². The molecule has 156 valence electrons. The zero-order chi connectivity index (χ0) is 20.8. The average Bonchev–Trinajstić information content (AvgIpc) is 2.89. The summed E-state index contributed by atoms with van der Waals surface area (Å²) in [5.74, 6) is 3.96. The Balaban J connectivity index is 1.83. The van der Waals surface area contributed by atoms with Gasteiger partial charge in [-0.25, -0.2) is 5.98 Å². The number of fused-ring (bicyclic) bond motifs is 2. The number of aromatic nitrogens is 2. The van der Waals surface area contributed by atoms with Crippen molar-refractivity contribution >= 4 is 46.8 Å². The topological polar surface area (TPSA) is 12.1 Å². The molecule has 3 heterocycles. The van der Waals surface area contributed by atoms with Crippen LogP contribution in [0.5, 0.6) is 0 Å². The molecular weight excluding hydrogens is 400 g/mol. The van der Waals surface area contributed by atoms with Crippen LogP contribution >= 0.6 is 23.2 Å². The van der Waals surface area contributed by atoms with Crippen LogP contribution in [0, 0.1) is 0 Å². The quantitative estimate of drug-likeness (QED) is 0.476. The maximum Gasteiger partial charge on any atom is 0.252 e. The Morgan fingerprint density at radius 1 is 1.03 bits per heavy atom. The van der Waals surface area contributed by atoms with Gasteiger partial charge in [-0.3, -0.25) is 9.13 Å². The third-order valence-corrected chi connectivity index (χ3v) is 8.73. The van der Waals surface area contributed by atoms with Crippen molar-refractivity contribution in [1.29, 1.82) is 0 Å². The van der Waals surface area contributed by atoms with Gasteiger partial charge in [-0.1, -0.05) is 56.7 Å². The number of nitrogens with zero attached hydrogens (tertiary/aromatic N) is 3. The molecule has 2 aromatic rings. The van der Waals surface area contributed by atoms with Gasteiger partial charge in [0.05, 0.1) is 19.8 Å². The molecule has 0 spiro atoms. The molecular formula is C23H32BCl2N3. The molecule has 29 heavy (non-hydrogen) atoms. The molecule has 0 unspecified atom stereocenters. The van der Waals surface area contributed by atoms with Gasteiger partial charge in [0, 0.05) is 19.8 Å². The van der Waals surface area contributed by atoms with E-state index in [1.165, 1.54) is 55.5 Å². The normalized spacial score (nSPS) is 26.8. The second-order valence-electron chi connectivity index (χ2n) is 9.36. The Hall–Kier alpha value is -1.39. The zero-order valence-electron chi connectivity index (χ0n) is 18.0. The van der Waals surface area contributed by atoms with E-state index < -0.39 is 6.15 Å². The van der Waals surface area contributed by atoms with Gasteiger partial charge in [-0.2, -0.15) is 11.6 Å². The van der Waals surface area contributed by atoms with E-state index in [2.05, 4.69) is 78.5 Å². The van der Waals surface area contributed by atoms with Crippen molar-refractivity contribution in [3.8, 4) is 0 Å². The lowest BCUT2D eigenvalue weighted by Crippen LogP contribution is -2.69. The Labute approximate surface area is 185 Å². The molecule has 0 atom stereocenters. The van der Waals surface area contributed by atoms with Gasteiger partial charge in [0.25, 0.3) is 10.3 Å². The smallest absolute Gasteiger partial charge is 0.252 e. The summed E-state index contributed by atoms with van der Waals surface area (Å²) >= 11 is 13.2. The summed E-state index contributed by atoms with van der Waals surface area (Å²) in [6.45, 7) is 0. The lowest BCUT2D eigenvalue weighted by molar-refractivity contribution is -0.651. The second kappa shape index (κ2) is 8.04. The zero-order valence-corrected chi connectivity index (χ0v) is 19.5. The molecule has 0 amide bonds. The summed E-state index contributed by atoms with van der Waals surface area (Å²) in [7, 11) is 8.32. The van der Waals surface area contributed by atoms with Crippen molar-refractivity contribution < 1.29 is 4.57 Å². The molecule has 3 nitrogen and oxygen atoms in total. The summed E-state index contributed by atoms with van der Waals surface area (Å²) in [5.41, 5.74) is 3.80. The number of rotatable bonds is 4. The predicted molar refractivity (Wildman–Crippen MR) is 127 cm³/mol. The fraction of sp³-hybridized carbons (Fsp3) is 0.522. The molecule has 2 aliphatic heterocycles. The fourth-order valence-electron chi connectivity index (χ4n) is 6.41. The number of benzene rings is 1. The molecule has 1 aromatic carbocycles. The number of halogens is 2. The van der Waals surface area contributed by atoms with Crippen LogP contribution in [0.25, 0.3) is 6.08 Å². The van der Waals surface area contributed by atoms with Crippen molar-refractivity contribution in [2.45, 2.75) is 50.2 Å². The van der Waals surface area contributed by atoms with Gasteiger partial charge in [-0.05, 0) is 40.9 Å². The molecule has 6 heteroatoms. The SMILES string of the molecule is CN(C)c1ccc(/C=C\[B-]2(c3n(C)c(Cl)c(Cl)[n+]3C)C3CCCC2CCC3)cc1. The van der Waals surface area contributed by atoms with Crippen LogP contribution in [0.2, 0.25) is 21.9 Å². The molecule has 0 aliphatic carbocycles. The monoisotopic (exact) mass is 431 g/mol. The Kier molecular flexibility index (Phi) is 5.78. The van der Waals surface area contributed by atoms with Crippen LogP contribution in [0.1, 0.15) is 44.1 Å². The maximum absolute atomic E-state index is 6.60. The maximum atomic E-state index is 6.60. The van der Waals surface area contributed by atoms with E-state index in [1.807, 2.05) is 0 Å². The average molecular weight is 432 g/mol. The summed E-state index contributed by atoms with van der Waals surface area (Å²) < 4.78 is 4.31. The fourth-order valence-corrected chi connectivity index (χ4v) is 6.84. The molecule has 2 fully saturated rings. The van der Waals surface area contributed by atoms with Crippen molar-refractivity contribution in [3.05, 3.63) is 46.1 Å². The molecule has 4 rings (SSSR count). The first-order valence-electron chi connectivity index (χ1n) is 10.9. The van der Waals surface area contributed by atoms with Gasteiger partial charge in [0.2, 0.25) is 0 Å². The Morgan fingerprint density at radius 2 is 1.59 bits per heavy atom. The number of hydrogen-bond donors (Lipinski definition) is 0. The summed E-state index contributed by atoms with van der Waals surface area (Å²) in [5, 5.41) is 1.30. The van der Waals surface area contributed by atoms with Crippen LogP contribution in [-0.4, -0.2) is 24.8 Å². The van der Waals surface area contributed by atoms with Crippen molar-refractivity contribution in [1.82, 2.24) is 4.57 Å². The van der Waals surface area contributed by atoms with Crippen molar-refractivity contribution in [2.75, 3.05) is 19.0 Å². The number of imidazole rings is 1. The summed E-state index contributed by atoms with van der Waals surface area (Å²) in [6.07, 6.45) is 9.38. The van der Waals surface area contributed by atoms with E-state index in [4.69, 9.17) is 23.2 Å². The molecule has 1 aromatic heterocycles. The predicted octanol–water partition coefficient (Wildman–Crippen LogP) is 5.24. The lowest BCUT2D eigenvalue weighted by atomic mass is 9.08. The second-order valence-corrected chi connectivity index (χ2v) is 10.1. The van der Waals surface area contributed by atoms with Crippen LogP contribution in [0.15, 0.2) is 30.2 Å². The minimum Gasteiger partial charge on any atom is -0.378 e. The van der Waals surface area contributed by atoms with Crippen LogP contribution in [-0.2, 0) is 14.1 Å². The first kappa shape index (κ1) is 20.9. The van der Waals surface area contributed by atoms with E-state index in [0.717, 1.165) is 0 Å². The standard InChI is InChI=1S/C23H32BCl2N3/c1-27(2)20-13-11-17(12-14-20)15-16-24(18-7-5-8-19(24)10-6-9-18)23-28(3)21(25)22(26)29(23)4/h11-16,18-19H,5-10H2,1-4H3/b16-15-. The van der Waals surface area contributed by atoms with Gasteiger partial charge in [0.15, 0.2) is 0 Å². The van der Waals surface area contributed by atoms with Crippen LogP contribution in [0.3, 0.4) is 0 Å². The minimum atomic E-state index is -0.890. The third kappa shape index (κ3) is 3.43. The molecule has 2 bridgehead atoms. The van der Waals surface area contributed by atoms with Crippen LogP contribution < -0.4 is 15.2 Å². The molecule has 2 saturated heterocycles. The van der Waals surface area contributed by atoms with Gasteiger partial charge < -0.3 is 4.90 Å². The van der Waals surface area contributed by atoms with Gasteiger partial charge in [0.1, 0.15) is 6.15 Å². The lowest BCUT2D eigenvalue weighted by Gasteiger charge is -2.55. The van der Waals surface area contributed by atoms with E-state index >= 15 is 0 Å². The van der Waals surface area contributed by atoms with E-state index in [0.29, 0.717) is 21.9 Å². The number of hydrogen-bond acceptors (Lipinski definition) is 1. The van der Waals surface area contributed by atoms with Gasteiger partial charge >= 0.3 is 0 Å². The highest BCUT2D eigenvalue weighted by atomic mass is 35.5. The van der Waals surface area contributed by atoms with E-state index in [1.54, 1.807) is 0 Å². The third-order valence-electron chi connectivity index (χ3n) is 7.77. The molecule has 2 aliphatic rings. The highest BCUT2D eigenvalue weighted by Crippen LogP contribution is 2.53. The Morgan fingerprint density at radius 3 is 2.03 bits per heavy atom.